The van der Waals surface area contributed by atoms with Crippen LogP contribution in [0.2, 0.25) is 0 Å². The zero-order valence-electron chi connectivity index (χ0n) is 9.09. The fourth-order valence-electron chi connectivity index (χ4n) is 1.56. The number of rotatable bonds is 4. The van der Waals surface area contributed by atoms with Gasteiger partial charge in [-0.05, 0) is 24.5 Å². The van der Waals surface area contributed by atoms with Crippen LogP contribution in [0.5, 0.6) is 0 Å². The second-order valence-electron chi connectivity index (χ2n) is 3.57. The smallest absolute Gasteiger partial charge is 0.0185 e. The third kappa shape index (κ3) is 2.88. The van der Waals surface area contributed by atoms with E-state index in [1.54, 1.807) is 0 Å². The third-order valence-electron chi connectivity index (χ3n) is 2.26. The van der Waals surface area contributed by atoms with E-state index >= 15 is 0 Å². The highest BCUT2D eigenvalue weighted by atomic mass is 14.0. The van der Waals surface area contributed by atoms with Crippen LogP contribution in [0.1, 0.15) is 37.8 Å². The van der Waals surface area contributed by atoms with Crippen LogP contribution in [-0.4, -0.2) is 0 Å². The Morgan fingerprint density at radius 1 is 1.29 bits per heavy atom. The Balaban J connectivity index is 2.95. The molecule has 14 heavy (non-hydrogen) atoms. The first kappa shape index (κ1) is 10.8. The Morgan fingerprint density at radius 3 is 2.50 bits per heavy atom. The molecule has 0 aliphatic carbocycles. The van der Waals surface area contributed by atoms with Crippen molar-refractivity contribution in [2.45, 2.75) is 26.7 Å². The van der Waals surface area contributed by atoms with E-state index in [-0.39, 0.29) is 0 Å². The molecule has 0 heteroatoms. The highest BCUT2D eigenvalue weighted by molar-refractivity contribution is 5.65. The lowest BCUT2D eigenvalue weighted by Gasteiger charge is -2.02. The van der Waals surface area contributed by atoms with E-state index in [0.29, 0.717) is 0 Å². The lowest BCUT2D eigenvalue weighted by molar-refractivity contribution is 0.911. The SMILES string of the molecule is C=Cc1ccccc1/C=C(\C)CCC. The number of benzene rings is 1. The highest BCUT2D eigenvalue weighted by Crippen LogP contribution is 2.16. The van der Waals surface area contributed by atoms with Crippen molar-refractivity contribution in [1.82, 2.24) is 0 Å². The van der Waals surface area contributed by atoms with Gasteiger partial charge >= 0.3 is 0 Å². The number of allylic oxidation sites excluding steroid dienone is 1. The maximum Gasteiger partial charge on any atom is -0.0185 e. The van der Waals surface area contributed by atoms with Crippen molar-refractivity contribution in [1.29, 1.82) is 0 Å². The fourth-order valence-corrected chi connectivity index (χ4v) is 1.56. The molecule has 0 aliphatic rings. The number of hydrogen-bond acceptors (Lipinski definition) is 0. The number of hydrogen-bond donors (Lipinski definition) is 0. The molecule has 0 aliphatic heterocycles. The Labute approximate surface area is 87.0 Å². The van der Waals surface area contributed by atoms with Crippen LogP contribution >= 0.6 is 0 Å². The summed E-state index contributed by atoms with van der Waals surface area (Å²) in [5, 5.41) is 0. The lowest BCUT2D eigenvalue weighted by atomic mass is 10.0. The van der Waals surface area contributed by atoms with Crippen LogP contribution in [-0.2, 0) is 0 Å². The van der Waals surface area contributed by atoms with Gasteiger partial charge in [0.15, 0.2) is 0 Å². The summed E-state index contributed by atoms with van der Waals surface area (Å²) in [4.78, 5) is 0. The van der Waals surface area contributed by atoms with Crippen molar-refractivity contribution in [3.63, 3.8) is 0 Å². The molecule has 0 saturated carbocycles. The average molecular weight is 186 g/mol. The summed E-state index contributed by atoms with van der Waals surface area (Å²) >= 11 is 0. The first-order chi connectivity index (χ1) is 6.77. The predicted molar refractivity (Wildman–Crippen MR) is 65.1 cm³/mol. The first-order valence-electron chi connectivity index (χ1n) is 5.16. The molecule has 0 atom stereocenters. The largest absolute Gasteiger partial charge is 0.0984 e. The summed E-state index contributed by atoms with van der Waals surface area (Å²) in [7, 11) is 0. The van der Waals surface area contributed by atoms with Gasteiger partial charge in [-0.1, -0.05) is 61.9 Å². The third-order valence-corrected chi connectivity index (χ3v) is 2.26. The first-order valence-corrected chi connectivity index (χ1v) is 5.16. The molecule has 74 valence electrons. The molecule has 0 nitrogen and oxygen atoms in total. The van der Waals surface area contributed by atoms with E-state index in [1.807, 2.05) is 12.1 Å². The van der Waals surface area contributed by atoms with Gasteiger partial charge < -0.3 is 0 Å². The zero-order chi connectivity index (χ0) is 10.4. The van der Waals surface area contributed by atoms with Gasteiger partial charge in [-0.3, -0.25) is 0 Å². The Morgan fingerprint density at radius 2 is 1.93 bits per heavy atom. The molecule has 0 saturated heterocycles. The minimum Gasteiger partial charge on any atom is -0.0984 e. The van der Waals surface area contributed by atoms with Crippen molar-refractivity contribution in [2.24, 2.45) is 0 Å². The van der Waals surface area contributed by atoms with Crippen molar-refractivity contribution >= 4 is 12.2 Å². The van der Waals surface area contributed by atoms with Crippen LogP contribution in [0.25, 0.3) is 12.2 Å². The van der Waals surface area contributed by atoms with Gasteiger partial charge in [0.25, 0.3) is 0 Å². The molecule has 0 spiro atoms. The molecule has 0 radical (unpaired) electrons. The van der Waals surface area contributed by atoms with Gasteiger partial charge in [-0.2, -0.15) is 0 Å². The molecular weight excluding hydrogens is 168 g/mol. The van der Waals surface area contributed by atoms with Gasteiger partial charge in [0.1, 0.15) is 0 Å². The lowest BCUT2D eigenvalue weighted by Crippen LogP contribution is -1.81. The monoisotopic (exact) mass is 186 g/mol. The molecule has 1 rings (SSSR count). The van der Waals surface area contributed by atoms with Gasteiger partial charge in [-0.25, -0.2) is 0 Å². The second kappa shape index (κ2) is 5.43. The van der Waals surface area contributed by atoms with Crippen LogP contribution in [0.4, 0.5) is 0 Å². The summed E-state index contributed by atoms with van der Waals surface area (Å²) in [6.07, 6.45) is 6.54. The van der Waals surface area contributed by atoms with Crippen LogP contribution in [0.15, 0.2) is 36.4 Å². The van der Waals surface area contributed by atoms with E-state index in [1.165, 1.54) is 29.5 Å². The van der Waals surface area contributed by atoms with E-state index < -0.39 is 0 Å². The minimum atomic E-state index is 1.17. The van der Waals surface area contributed by atoms with Crippen LogP contribution in [0, 0.1) is 0 Å². The topological polar surface area (TPSA) is 0 Å². The van der Waals surface area contributed by atoms with Gasteiger partial charge in [-0.15, -0.1) is 0 Å². The standard InChI is InChI=1S/C14H18/c1-4-8-12(3)11-14-10-7-6-9-13(14)5-2/h5-7,9-11H,2,4,8H2,1,3H3/b12-11+. The highest BCUT2D eigenvalue weighted by Gasteiger charge is 1.95. The molecule has 0 amide bonds. The summed E-state index contributed by atoms with van der Waals surface area (Å²) in [6.45, 7) is 8.20. The van der Waals surface area contributed by atoms with Crippen molar-refractivity contribution in [3.8, 4) is 0 Å². The van der Waals surface area contributed by atoms with Crippen molar-refractivity contribution < 1.29 is 0 Å². The molecular formula is C14H18. The molecule has 1 aromatic rings. The molecule has 1 aromatic carbocycles. The van der Waals surface area contributed by atoms with E-state index in [2.05, 4.69) is 44.7 Å². The summed E-state index contributed by atoms with van der Waals surface area (Å²) in [5.41, 5.74) is 3.92. The van der Waals surface area contributed by atoms with E-state index in [9.17, 15) is 0 Å². The molecule has 0 aromatic heterocycles. The van der Waals surface area contributed by atoms with Gasteiger partial charge in [0.05, 0.1) is 0 Å². The van der Waals surface area contributed by atoms with Gasteiger partial charge in [0, 0.05) is 0 Å². The van der Waals surface area contributed by atoms with Crippen molar-refractivity contribution in [2.75, 3.05) is 0 Å². The maximum atomic E-state index is 3.82. The Hall–Kier alpha value is -1.30. The second-order valence-corrected chi connectivity index (χ2v) is 3.57. The predicted octanol–water partition coefficient (Wildman–Crippen LogP) is 4.53. The van der Waals surface area contributed by atoms with Crippen LogP contribution < -0.4 is 0 Å². The molecule has 0 unspecified atom stereocenters. The molecule has 0 fully saturated rings. The minimum absolute atomic E-state index is 1.17. The maximum absolute atomic E-state index is 3.82. The Kier molecular flexibility index (Phi) is 4.18. The average Bonchev–Trinajstić information content (AvgIpc) is 2.19. The quantitative estimate of drug-likeness (QED) is 0.648. The van der Waals surface area contributed by atoms with E-state index in [4.69, 9.17) is 0 Å². The zero-order valence-corrected chi connectivity index (χ0v) is 9.09. The van der Waals surface area contributed by atoms with Gasteiger partial charge in [0.2, 0.25) is 0 Å². The summed E-state index contributed by atoms with van der Waals surface area (Å²) < 4.78 is 0. The summed E-state index contributed by atoms with van der Waals surface area (Å²) in [6, 6.07) is 8.34. The normalized spacial score (nSPS) is 11.4. The van der Waals surface area contributed by atoms with Crippen LogP contribution in [0.3, 0.4) is 0 Å². The molecule has 0 N–H and O–H groups in total. The van der Waals surface area contributed by atoms with E-state index in [0.717, 1.165) is 0 Å². The Bertz CT molecular complexity index is 332. The molecule has 0 bridgehead atoms. The summed E-state index contributed by atoms with van der Waals surface area (Å²) in [5.74, 6) is 0. The van der Waals surface area contributed by atoms with Crippen molar-refractivity contribution in [3.05, 3.63) is 47.5 Å². The molecule has 0 heterocycles. The fraction of sp³-hybridized carbons (Fsp3) is 0.286.